The molecule has 3 aromatic carbocycles. The number of primary amides is 1. The summed E-state index contributed by atoms with van der Waals surface area (Å²) in [4.78, 5) is 41.1. The molecule has 1 unspecified atom stereocenters. The van der Waals surface area contributed by atoms with Gasteiger partial charge in [-0.3, -0.25) is 19.3 Å². The maximum atomic E-state index is 14.1. The fraction of sp³-hybridized carbons (Fsp3) is 0.306. The second-order valence-corrected chi connectivity index (χ2v) is 12.6. The number of hydrogen-bond donors (Lipinski definition) is 6. The molecule has 0 saturated heterocycles. The van der Waals surface area contributed by atoms with Crippen LogP contribution in [0.15, 0.2) is 77.6 Å². The van der Waals surface area contributed by atoms with Gasteiger partial charge in [-0.15, -0.1) is 0 Å². The number of carbonyl (C=O) groups is 3. The normalized spacial score (nSPS) is 23.8. The number of rotatable bonds is 8. The van der Waals surface area contributed by atoms with Gasteiger partial charge in [-0.1, -0.05) is 42.5 Å². The Morgan fingerprint density at radius 1 is 0.979 bits per heavy atom. The predicted molar refractivity (Wildman–Crippen MR) is 173 cm³/mol. The Balaban J connectivity index is 1.32. The number of aliphatic hydroxyl groups excluding tert-OH is 2. The van der Waals surface area contributed by atoms with Gasteiger partial charge >= 0.3 is 0 Å². The first-order valence-electron chi connectivity index (χ1n) is 15.3. The number of aliphatic hydroxyl groups is 3. The molecule has 1 saturated carbocycles. The van der Waals surface area contributed by atoms with E-state index in [9.17, 15) is 34.8 Å². The number of carbonyl (C=O) groups excluding carboxylic acids is 3. The number of ether oxygens (including phenoxy) is 1. The van der Waals surface area contributed by atoms with Crippen LogP contribution in [0.1, 0.15) is 28.7 Å². The van der Waals surface area contributed by atoms with Crippen molar-refractivity contribution in [2.24, 2.45) is 17.6 Å². The van der Waals surface area contributed by atoms with E-state index in [-0.39, 0.29) is 29.7 Å². The smallest absolute Gasteiger partial charge is 0.255 e. The number of aromatic hydroxyl groups is 1. The van der Waals surface area contributed by atoms with Crippen LogP contribution in [0, 0.1) is 11.8 Å². The molecule has 0 bridgehead atoms. The van der Waals surface area contributed by atoms with Gasteiger partial charge in [0, 0.05) is 24.6 Å². The van der Waals surface area contributed by atoms with Crippen molar-refractivity contribution in [3.63, 3.8) is 0 Å². The van der Waals surface area contributed by atoms with Crippen molar-refractivity contribution in [3.05, 3.63) is 99.8 Å². The Labute approximate surface area is 271 Å². The lowest BCUT2D eigenvalue weighted by Gasteiger charge is -2.50. The standard InChI is InChI=1S/C36H37N3O8/c1-39(2)30-25-15-21-14-24-23(20-8-4-18(5-9-20)16-38-17-19-6-10-22(47-3)11-7-19)12-13-26(40)28(24)31(41)27(21)33(43)36(25,46)34(44)29(32(30)42)35(37)45/h4-13,21,25,30,38,40-41,44,46H,14-17H2,1-3H3,(H2,37,45)/t21-,25-,30?,36-/m1/s1. The number of amides is 1. The predicted octanol–water partition coefficient (Wildman–Crippen LogP) is 2.93. The number of nitrogens with one attached hydrogen (secondary N) is 1. The summed E-state index contributed by atoms with van der Waals surface area (Å²) in [6.07, 6.45) is 0.239. The van der Waals surface area contributed by atoms with Crippen molar-refractivity contribution < 1.29 is 39.5 Å². The Morgan fingerprint density at radius 2 is 1.60 bits per heavy atom. The van der Waals surface area contributed by atoms with E-state index in [0.29, 0.717) is 18.7 Å². The number of hydrogen-bond acceptors (Lipinski definition) is 10. The largest absolute Gasteiger partial charge is 0.508 e. The van der Waals surface area contributed by atoms with Crippen LogP contribution in [0.5, 0.6) is 11.5 Å². The van der Waals surface area contributed by atoms with Crippen molar-refractivity contribution >= 4 is 23.2 Å². The molecular formula is C36H37N3O8. The molecule has 11 nitrogen and oxygen atoms in total. The molecular weight excluding hydrogens is 602 g/mol. The van der Waals surface area contributed by atoms with Gasteiger partial charge in [0.2, 0.25) is 5.78 Å². The topological polar surface area (TPSA) is 183 Å². The highest BCUT2D eigenvalue weighted by atomic mass is 16.5. The molecule has 4 atom stereocenters. The lowest BCUT2D eigenvalue weighted by molar-refractivity contribution is -0.153. The van der Waals surface area contributed by atoms with Crippen molar-refractivity contribution in [2.45, 2.75) is 37.6 Å². The van der Waals surface area contributed by atoms with E-state index in [0.717, 1.165) is 28.0 Å². The number of fused-ring (bicyclic) bond motifs is 3. The third-order valence-corrected chi connectivity index (χ3v) is 9.69. The summed E-state index contributed by atoms with van der Waals surface area (Å²) in [6, 6.07) is 17.8. The number of benzene rings is 3. The van der Waals surface area contributed by atoms with Crippen LogP contribution in [0.2, 0.25) is 0 Å². The zero-order chi connectivity index (χ0) is 33.8. The summed E-state index contributed by atoms with van der Waals surface area (Å²) in [5.74, 6) is -5.95. The summed E-state index contributed by atoms with van der Waals surface area (Å²) in [6.45, 7) is 1.31. The summed E-state index contributed by atoms with van der Waals surface area (Å²) >= 11 is 0. The summed E-state index contributed by atoms with van der Waals surface area (Å²) in [5, 5.41) is 48.7. The summed E-state index contributed by atoms with van der Waals surface area (Å²) in [5.41, 5.74) is 6.14. The van der Waals surface area contributed by atoms with Crippen LogP contribution >= 0.6 is 0 Å². The highest BCUT2D eigenvalue weighted by Crippen LogP contribution is 2.53. The average molecular weight is 640 g/mol. The molecule has 6 rings (SSSR count). The molecule has 0 spiro atoms. The second kappa shape index (κ2) is 12.0. The zero-order valence-corrected chi connectivity index (χ0v) is 26.3. The fourth-order valence-electron chi connectivity index (χ4n) is 7.41. The van der Waals surface area contributed by atoms with E-state index in [2.05, 4.69) is 5.32 Å². The molecule has 3 aromatic rings. The molecule has 0 aliphatic heterocycles. The minimum absolute atomic E-state index is 0.0274. The van der Waals surface area contributed by atoms with E-state index >= 15 is 0 Å². The number of phenols is 1. The van der Waals surface area contributed by atoms with Gasteiger partial charge in [-0.2, -0.15) is 0 Å². The quantitative estimate of drug-likeness (QED) is 0.201. The Hall–Kier alpha value is -4.97. The van der Waals surface area contributed by atoms with Crippen molar-refractivity contribution in [1.29, 1.82) is 0 Å². The molecule has 0 heterocycles. The average Bonchev–Trinajstić information content (AvgIpc) is 3.03. The first-order chi connectivity index (χ1) is 22.4. The number of methoxy groups -OCH3 is 1. The number of likely N-dealkylation sites (N-methyl/N-ethyl adjacent to an activating group) is 1. The highest BCUT2D eigenvalue weighted by molar-refractivity contribution is 6.24. The third-order valence-electron chi connectivity index (χ3n) is 9.69. The molecule has 3 aliphatic carbocycles. The Kier molecular flexibility index (Phi) is 8.17. The van der Waals surface area contributed by atoms with Crippen LogP contribution < -0.4 is 15.8 Å². The van der Waals surface area contributed by atoms with Crippen LogP contribution in [-0.4, -0.2) is 75.6 Å². The van der Waals surface area contributed by atoms with Gasteiger partial charge in [-0.25, -0.2) is 0 Å². The van der Waals surface area contributed by atoms with Crippen molar-refractivity contribution in [1.82, 2.24) is 10.2 Å². The molecule has 7 N–H and O–H groups in total. The minimum Gasteiger partial charge on any atom is -0.508 e. The maximum Gasteiger partial charge on any atom is 0.255 e. The lowest BCUT2D eigenvalue weighted by Crippen LogP contribution is -2.65. The number of nitrogens with zero attached hydrogens (tertiary/aromatic N) is 1. The monoisotopic (exact) mass is 639 g/mol. The molecule has 11 heteroatoms. The fourth-order valence-corrected chi connectivity index (χ4v) is 7.41. The van der Waals surface area contributed by atoms with Crippen LogP contribution in [0.4, 0.5) is 0 Å². The molecule has 3 aliphatic rings. The summed E-state index contributed by atoms with van der Waals surface area (Å²) < 4.78 is 5.21. The van der Waals surface area contributed by atoms with Crippen molar-refractivity contribution in [3.8, 4) is 22.6 Å². The van der Waals surface area contributed by atoms with Crippen LogP contribution in [0.25, 0.3) is 16.9 Å². The third kappa shape index (κ3) is 5.16. The number of phenolic OH excluding ortho intramolecular Hbond substituents is 1. The molecule has 47 heavy (non-hydrogen) atoms. The number of nitrogens with two attached hydrogens (primary N) is 1. The van der Waals surface area contributed by atoms with Gasteiger partial charge in [0.25, 0.3) is 5.91 Å². The van der Waals surface area contributed by atoms with E-state index in [1.54, 1.807) is 27.3 Å². The van der Waals surface area contributed by atoms with E-state index in [1.807, 2.05) is 48.5 Å². The van der Waals surface area contributed by atoms with Crippen LogP contribution in [0.3, 0.4) is 0 Å². The number of ketones is 2. The molecule has 0 aromatic heterocycles. The van der Waals surface area contributed by atoms with Crippen LogP contribution in [-0.2, 0) is 33.9 Å². The minimum atomic E-state index is -2.67. The Bertz CT molecular complexity index is 1840. The first-order valence-corrected chi connectivity index (χ1v) is 15.3. The molecule has 1 amide bonds. The van der Waals surface area contributed by atoms with Gasteiger partial charge in [0.05, 0.1) is 18.7 Å². The van der Waals surface area contributed by atoms with Crippen molar-refractivity contribution in [2.75, 3.05) is 21.2 Å². The highest BCUT2D eigenvalue weighted by Gasteiger charge is 2.64. The van der Waals surface area contributed by atoms with Gasteiger partial charge in [-0.05, 0) is 78.9 Å². The Morgan fingerprint density at radius 3 is 2.17 bits per heavy atom. The second-order valence-electron chi connectivity index (χ2n) is 12.6. The zero-order valence-electron chi connectivity index (χ0n) is 26.3. The molecule has 0 radical (unpaired) electrons. The van der Waals surface area contributed by atoms with Gasteiger partial charge in [0.1, 0.15) is 28.6 Å². The van der Waals surface area contributed by atoms with E-state index < -0.39 is 58.0 Å². The SMILES string of the molecule is COc1ccc(CNCc2ccc(-c3ccc(O)c4c3C[C@@H]3C[C@@H]5C(N(C)C)C(=O)C(C(N)=O)=C(O)[C@]5(O)C(=O)C3=C4O)cc2)cc1. The number of Topliss-reactive ketones (excluding diaryl/α,β-unsaturated/α-hetero) is 2. The van der Waals surface area contributed by atoms with Gasteiger partial charge in [0.15, 0.2) is 11.4 Å². The van der Waals surface area contributed by atoms with E-state index in [1.165, 1.54) is 11.0 Å². The molecule has 1 fully saturated rings. The molecule has 244 valence electrons. The maximum absolute atomic E-state index is 14.1. The lowest BCUT2D eigenvalue weighted by atomic mass is 9.57. The first kappa shape index (κ1) is 32.0. The summed E-state index contributed by atoms with van der Waals surface area (Å²) in [7, 11) is 4.77. The van der Waals surface area contributed by atoms with E-state index in [4.69, 9.17) is 10.5 Å². The van der Waals surface area contributed by atoms with Gasteiger partial charge < -0.3 is 36.2 Å².